The van der Waals surface area contributed by atoms with E-state index in [-0.39, 0.29) is 96.4 Å². The molecule has 0 spiro atoms. The van der Waals surface area contributed by atoms with Gasteiger partial charge in [-0.2, -0.15) is 4.37 Å². The third-order valence-electron chi connectivity index (χ3n) is 14.3. The summed E-state index contributed by atoms with van der Waals surface area (Å²) in [6, 6.07) is 0.386. The lowest BCUT2D eigenvalue weighted by atomic mass is 10.0. The zero-order valence-electron chi connectivity index (χ0n) is 50.6. The van der Waals surface area contributed by atoms with E-state index in [1.165, 1.54) is 18.7 Å². The molecule has 6 rings (SSSR count). The van der Waals surface area contributed by atoms with Crippen molar-refractivity contribution >= 4 is 128 Å². The topological polar surface area (TPSA) is 447 Å². The maximum absolute atomic E-state index is 13.8. The van der Waals surface area contributed by atoms with Crippen molar-refractivity contribution in [3.8, 4) is 5.88 Å². The molecular formula is C51H72N8O25S7. The molecule has 3 aliphatic rings. The maximum Gasteiger partial charge on any atom is 0.413 e. The first kappa shape index (κ1) is 73.6. The molecule has 1 saturated heterocycles. The van der Waals surface area contributed by atoms with Crippen molar-refractivity contribution in [1.29, 1.82) is 0 Å². The number of anilines is 1. The van der Waals surface area contributed by atoms with Crippen molar-refractivity contribution in [3.63, 3.8) is 0 Å². The van der Waals surface area contributed by atoms with Crippen LogP contribution in [-0.4, -0.2) is 207 Å². The lowest BCUT2D eigenvalue weighted by Gasteiger charge is -2.37. The number of primary sulfonamides is 2. The number of sulfone groups is 2. The van der Waals surface area contributed by atoms with Gasteiger partial charge in [0.25, 0.3) is 11.8 Å². The molecule has 0 radical (unpaired) electrons. The van der Waals surface area contributed by atoms with Crippen LogP contribution in [0.1, 0.15) is 123 Å². The highest BCUT2D eigenvalue weighted by atomic mass is 32.3. The third kappa shape index (κ3) is 19.6. The van der Waals surface area contributed by atoms with Gasteiger partial charge in [-0.05, 0) is 86.3 Å². The molecule has 3 amide bonds. The van der Waals surface area contributed by atoms with Crippen LogP contribution >= 0.6 is 34.4 Å². The van der Waals surface area contributed by atoms with Gasteiger partial charge in [0, 0.05) is 68.5 Å². The molecule has 3 aliphatic heterocycles. The van der Waals surface area contributed by atoms with Gasteiger partial charge in [-0.1, -0.05) is 0 Å². The fourth-order valence-electron chi connectivity index (χ4n) is 9.53. The van der Waals surface area contributed by atoms with Crippen LogP contribution in [0.3, 0.4) is 0 Å². The van der Waals surface area contributed by atoms with Gasteiger partial charge in [-0.15, -0.1) is 27.0 Å². The first-order valence-electron chi connectivity index (χ1n) is 28.2. The highest BCUT2D eigenvalue weighted by Crippen LogP contribution is 2.47. The number of thiophene rings is 2. The van der Waals surface area contributed by atoms with E-state index in [2.05, 4.69) is 8.75 Å². The molecule has 0 bridgehead atoms. The molecular weight excluding hydrogens is 1350 g/mol. The lowest BCUT2D eigenvalue weighted by Crippen LogP contribution is -2.52. The summed E-state index contributed by atoms with van der Waals surface area (Å²) >= 11 is 1.82. The molecule has 0 unspecified atom stereocenters. The number of fused-ring (bicyclic) bond motifs is 2. The number of carbonyl (C=O) groups is 8. The van der Waals surface area contributed by atoms with E-state index < -0.39 is 164 Å². The fourth-order valence-corrected chi connectivity index (χ4v) is 18.8. The molecule has 1 fully saturated rings. The maximum atomic E-state index is 13.8. The standard InChI is InChI=1S/C51H72N8O25S7/c1-8-57(35-20-30(3)88(68,69)47-33(35)22-43(85-47)90(52,72)73)49(66)82-28-80-40(63)14-10-12-38(61)77-26-37(60)59(51(5,6)7)24-32(25-79-46-45(54-87-55-46)56-16-18-76-19-17-56)84-42(65)27-78-39(62)13-11-15-41(64)81-29-83-50(67)58(9-2)36-21-31(4)89(70,71)48-34(36)23-44(86-48)91(53,74)75/h22-23,30-32,35-36H,8-21,24-29H2,1-7H3,(H2,52,72,73)(H2,53,74,75)/t30-,31-,32-,35-,36-/m0/s1. The Bertz CT molecular complexity index is 3620. The van der Waals surface area contributed by atoms with E-state index in [0.717, 1.165) is 33.7 Å². The van der Waals surface area contributed by atoms with Crippen LogP contribution in [0.4, 0.5) is 15.4 Å². The van der Waals surface area contributed by atoms with Gasteiger partial charge in [-0.3, -0.25) is 24.0 Å². The number of aromatic nitrogens is 2. The largest absolute Gasteiger partial charge is 0.470 e. The summed E-state index contributed by atoms with van der Waals surface area (Å²) in [5.41, 5.74) is -0.894. The first-order valence-corrected chi connectivity index (χ1v) is 36.7. The second-order valence-corrected chi connectivity index (χ2v) is 33.0. The zero-order chi connectivity index (χ0) is 67.4. The Balaban J connectivity index is 0.953. The minimum Gasteiger partial charge on any atom is -0.470 e. The van der Waals surface area contributed by atoms with Gasteiger partial charge in [-0.25, -0.2) is 58.3 Å². The summed E-state index contributed by atoms with van der Waals surface area (Å²) in [5.74, 6) is -4.88. The van der Waals surface area contributed by atoms with E-state index in [0.29, 0.717) is 54.8 Å². The summed E-state index contributed by atoms with van der Waals surface area (Å²) in [5, 5.41) is 8.54. The molecule has 6 heterocycles. The van der Waals surface area contributed by atoms with Crippen molar-refractivity contribution in [2.75, 3.05) is 84.2 Å². The van der Waals surface area contributed by atoms with E-state index in [1.54, 1.807) is 34.6 Å². The predicted molar refractivity (Wildman–Crippen MR) is 318 cm³/mol. The van der Waals surface area contributed by atoms with Gasteiger partial charge in [0.1, 0.15) is 23.4 Å². The number of carbonyl (C=O) groups excluding carboxylic acids is 8. The van der Waals surface area contributed by atoms with E-state index in [4.69, 9.17) is 52.9 Å². The molecule has 3 aromatic rings. The molecule has 33 nitrogen and oxygen atoms in total. The Hall–Kier alpha value is -6.40. The Labute approximate surface area is 537 Å². The molecule has 5 atom stereocenters. The van der Waals surface area contributed by atoms with Gasteiger partial charge < -0.3 is 62.2 Å². The second kappa shape index (κ2) is 31.5. The van der Waals surface area contributed by atoms with Crippen molar-refractivity contribution in [1.82, 2.24) is 23.4 Å². The smallest absolute Gasteiger partial charge is 0.413 e. The van der Waals surface area contributed by atoms with Crippen molar-refractivity contribution in [3.05, 3.63) is 23.3 Å². The number of rotatable bonds is 29. The molecule has 91 heavy (non-hydrogen) atoms. The van der Waals surface area contributed by atoms with Crippen LogP contribution in [-0.2, 0) is 106 Å². The number of nitrogens with zero attached hydrogens (tertiary/aromatic N) is 6. The summed E-state index contributed by atoms with van der Waals surface area (Å²) in [6.45, 7) is 8.53. The summed E-state index contributed by atoms with van der Waals surface area (Å²) < 4.78 is 156. The Kier molecular flexibility index (Phi) is 25.5. The SMILES string of the molecule is CCN(C(=O)OCOC(=O)CCCC(=O)OCC(=O)O[C@H](COc1nsnc1N1CCOCC1)CN(C(=O)COC(=O)CCCC(=O)OCOC(=O)N(CC)[C@H]1C[C@H](C)S(=O)(=O)c2sc(S(N)(=O)=O)cc21)C(C)(C)C)[C@H]1C[C@H](C)S(=O)(=O)c2sc(S(N)(=O)=O)cc21. The van der Waals surface area contributed by atoms with Crippen LogP contribution in [0, 0.1) is 0 Å². The van der Waals surface area contributed by atoms with Gasteiger partial charge in [0.15, 0.2) is 39.0 Å². The second-order valence-electron chi connectivity index (χ2n) is 21.7. The van der Waals surface area contributed by atoms with Crippen LogP contribution < -0.4 is 19.9 Å². The van der Waals surface area contributed by atoms with Gasteiger partial charge >= 0.3 is 42.0 Å². The average molecular weight is 1420 g/mol. The Morgan fingerprint density at radius 1 is 0.670 bits per heavy atom. The van der Waals surface area contributed by atoms with E-state index in [1.807, 2.05) is 4.90 Å². The highest BCUT2D eigenvalue weighted by molar-refractivity contribution is 7.96. The van der Waals surface area contributed by atoms with Crippen LogP contribution in [0.15, 0.2) is 29.0 Å². The van der Waals surface area contributed by atoms with Gasteiger partial charge in [0.2, 0.25) is 39.5 Å². The van der Waals surface area contributed by atoms with Crippen molar-refractivity contribution in [2.45, 2.75) is 151 Å². The summed E-state index contributed by atoms with van der Waals surface area (Å²) in [4.78, 5) is 110. The zero-order valence-corrected chi connectivity index (χ0v) is 56.3. The summed E-state index contributed by atoms with van der Waals surface area (Å²) in [7, 11) is -16.4. The van der Waals surface area contributed by atoms with Crippen LogP contribution in [0.2, 0.25) is 0 Å². The van der Waals surface area contributed by atoms with Crippen molar-refractivity contribution < 1.29 is 115 Å². The lowest BCUT2D eigenvalue weighted by molar-refractivity contribution is -0.167. The van der Waals surface area contributed by atoms with Crippen molar-refractivity contribution in [2.24, 2.45) is 10.3 Å². The minimum atomic E-state index is -4.28. The summed E-state index contributed by atoms with van der Waals surface area (Å²) in [6.07, 6.45) is -5.17. The normalized spacial score (nSPS) is 18.8. The highest BCUT2D eigenvalue weighted by Gasteiger charge is 2.45. The molecule has 40 heteroatoms. The fraction of sp³-hybridized carbons (Fsp3) is 0.647. The Morgan fingerprint density at radius 3 is 1.54 bits per heavy atom. The number of hydrogen-bond acceptors (Lipinski definition) is 31. The molecule has 0 saturated carbocycles. The first-order chi connectivity index (χ1) is 42.6. The minimum absolute atomic E-state index is 0.00565. The average Bonchev–Trinajstić information content (AvgIpc) is 1.65. The number of morpholine rings is 1. The van der Waals surface area contributed by atoms with E-state index >= 15 is 0 Å². The quantitative estimate of drug-likeness (QED) is 0.0573. The number of hydrogen-bond donors (Lipinski definition) is 2. The number of ether oxygens (including phenoxy) is 9. The molecule has 3 aromatic heterocycles. The Morgan fingerprint density at radius 2 is 1.11 bits per heavy atom. The number of sulfonamides is 2. The van der Waals surface area contributed by atoms with E-state index in [9.17, 15) is 72.0 Å². The molecule has 4 N–H and O–H groups in total. The van der Waals surface area contributed by atoms with Crippen LogP contribution in [0.25, 0.3) is 0 Å². The number of amides is 3. The molecule has 0 aliphatic carbocycles. The monoisotopic (exact) mass is 1420 g/mol. The predicted octanol–water partition coefficient (Wildman–Crippen LogP) is 2.67. The number of esters is 5. The third-order valence-corrected chi connectivity index (χ3v) is 25.4. The molecule has 508 valence electrons. The molecule has 0 aromatic carbocycles. The van der Waals surface area contributed by atoms with Gasteiger partial charge in [0.05, 0.1) is 54.1 Å². The van der Waals surface area contributed by atoms with Crippen LogP contribution in [0.5, 0.6) is 5.88 Å². The number of nitrogens with two attached hydrogens (primary N) is 2.